The molecule has 1 aliphatic heterocycles. The van der Waals surface area contributed by atoms with Crippen LogP contribution in [-0.4, -0.2) is 25.1 Å². The van der Waals surface area contributed by atoms with Crippen molar-refractivity contribution in [3.8, 4) is 5.75 Å². The van der Waals surface area contributed by atoms with E-state index in [1.807, 2.05) is 37.3 Å². The van der Waals surface area contributed by atoms with Crippen LogP contribution in [0, 0.1) is 6.92 Å². The second-order valence-corrected chi connectivity index (χ2v) is 5.96. The normalized spacial score (nSPS) is 16.6. The van der Waals surface area contributed by atoms with Crippen LogP contribution < -0.4 is 4.74 Å². The number of carbonyl (C=O) groups excluding carboxylic acids is 1. The summed E-state index contributed by atoms with van der Waals surface area (Å²) in [6, 6.07) is 13.0. The zero-order valence-electron chi connectivity index (χ0n) is 11.6. The van der Waals surface area contributed by atoms with Crippen molar-refractivity contribution in [3.05, 3.63) is 63.6 Å². The molecule has 4 heteroatoms. The SMILES string of the molecule is Cc1cccc(C(=O)c2ccc(OCC3CO3)c(Br)c2)c1. The van der Waals surface area contributed by atoms with Crippen molar-refractivity contribution in [2.24, 2.45) is 0 Å². The monoisotopic (exact) mass is 346 g/mol. The van der Waals surface area contributed by atoms with Gasteiger partial charge in [0, 0.05) is 11.1 Å². The van der Waals surface area contributed by atoms with Crippen LogP contribution >= 0.6 is 15.9 Å². The molecule has 1 heterocycles. The van der Waals surface area contributed by atoms with Crippen LogP contribution in [0.1, 0.15) is 21.5 Å². The summed E-state index contributed by atoms with van der Waals surface area (Å²) in [4.78, 5) is 12.5. The number of halogens is 1. The Morgan fingerprint density at radius 1 is 1.29 bits per heavy atom. The molecule has 0 amide bonds. The number of epoxide rings is 1. The highest BCUT2D eigenvalue weighted by molar-refractivity contribution is 9.10. The number of carbonyl (C=O) groups is 1. The second kappa shape index (κ2) is 6.00. The predicted octanol–water partition coefficient (Wildman–Crippen LogP) is 3.77. The Labute approximate surface area is 132 Å². The van der Waals surface area contributed by atoms with Crippen molar-refractivity contribution in [2.75, 3.05) is 13.2 Å². The van der Waals surface area contributed by atoms with Crippen molar-refractivity contribution >= 4 is 21.7 Å². The van der Waals surface area contributed by atoms with E-state index >= 15 is 0 Å². The molecule has 3 rings (SSSR count). The van der Waals surface area contributed by atoms with Crippen molar-refractivity contribution in [1.82, 2.24) is 0 Å². The van der Waals surface area contributed by atoms with Crippen LogP contribution in [-0.2, 0) is 4.74 Å². The summed E-state index contributed by atoms with van der Waals surface area (Å²) < 4.78 is 11.5. The van der Waals surface area contributed by atoms with Gasteiger partial charge in [-0.2, -0.15) is 0 Å². The molecule has 0 radical (unpaired) electrons. The predicted molar refractivity (Wildman–Crippen MR) is 84.0 cm³/mol. The average molecular weight is 347 g/mol. The lowest BCUT2D eigenvalue weighted by molar-refractivity contribution is 0.103. The first kappa shape index (κ1) is 14.3. The number of benzene rings is 2. The Balaban J connectivity index is 1.78. The highest BCUT2D eigenvalue weighted by Crippen LogP contribution is 2.28. The van der Waals surface area contributed by atoms with Gasteiger partial charge in [0.15, 0.2) is 5.78 Å². The van der Waals surface area contributed by atoms with Crippen LogP contribution in [0.3, 0.4) is 0 Å². The summed E-state index contributed by atoms with van der Waals surface area (Å²) in [5.74, 6) is 0.739. The number of ether oxygens (including phenoxy) is 2. The molecule has 1 aliphatic rings. The topological polar surface area (TPSA) is 38.8 Å². The van der Waals surface area contributed by atoms with E-state index in [-0.39, 0.29) is 11.9 Å². The van der Waals surface area contributed by atoms with Gasteiger partial charge >= 0.3 is 0 Å². The molecular weight excluding hydrogens is 332 g/mol. The Morgan fingerprint density at radius 2 is 2.05 bits per heavy atom. The van der Waals surface area contributed by atoms with Gasteiger partial charge in [0.25, 0.3) is 0 Å². The molecule has 0 aliphatic carbocycles. The number of rotatable bonds is 5. The maximum Gasteiger partial charge on any atom is 0.193 e. The summed E-state index contributed by atoms with van der Waals surface area (Å²) in [5.41, 5.74) is 2.41. The maximum absolute atomic E-state index is 12.5. The quantitative estimate of drug-likeness (QED) is 0.611. The van der Waals surface area contributed by atoms with Crippen molar-refractivity contribution < 1.29 is 14.3 Å². The fourth-order valence-corrected chi connectivity index (χ4v) is 2.55. The third kappa shape index (κ3) is 3.52. The van der Waals surface area contributed by atoms with Crippen molar-refractivity contribution in [2.45, 2.75) is 13.0 Å². The lowest BCUT2D eigenvalue weighted by Crippen LogP contribution is -2.06. The lowest BCUT2D eigenvalue weighted by Gasteiger charge is -2.08. The van der Waals surface area contributed by atoms with Crippen LogP contribution in [0.2, 0.25) is 0 Å². The first-order chi connectivity index (χ1) is 10.1. The Hall–Kier alpha value is -1.65. The Bertz CT molecular complexity index is 677. The van der Waals surface area contributed by atoms with E-state index < -0.39 is 0 Å². The average Bonchev–Trinajstić information content (AvgIpc) is 3.29. The van der Waals surface area contributed by atoms with E-state index in [1.54, 1.807) is 12.1 Å². The Kier molecular flexibility index (Phi) is 4.08. The van der Waals surface area contributed by atoms with E-state index in [2.05, 4.69) is 15.9 Å². The fraction of sp³-hybridized carbons (Fsp3) is 0.235. The number of hydrogen-bond acceptors (Lipinski definition) is 3. The minimum Gasteiger partial charge on any atom is -0.490 e. The highest BCUT2D eigenvalue weighted by Gasteiger charge is 2.23. The molecular formula is C17H15BrO3. The van der Waals surface area contributed by atoms with Crippen molar-refractivity contribution in [1.29, 1.82) is 0 Å². The minimum atomic E-state index is 0.0106. The van der Waals surface area contributed by atoms with Gasteiger partial charge in [0.1, 0.15) is 18.5 Å². The second-order valence-electron chi connectivity index (χ2n) is 5.11. The van der Waals surface area contributed by atoms with Crippen LogP contribution in [0.4, 0.5) is 0 Å². The van der Waals surface area contributed by atoms with Gasteiger partial charge in [0.2, 0.25) is 0 Å². The third-order valence-corrected chi connectivity index (χ3v) is 3.92. The van der Waals surface area contributed by atoms with Gasteiger partial charge in [-0.05, 0) is 47.1 Å². The number of ketones is 1. The maximum atomic E-state index is 12.5. The molecule has 0 saturated carbocycles. The van der Waals surface area contributed by atoms with E-state index in [9.17, 15) is 4.79 Å². The molecule has 1 atom stereocenters. The molecule has 108 valence electrons. The number of hydrogen-bond donors (Lipinski definition) is 0. The standard InChI is InChI=1S/C17H15BrO3/c1-11-3-2-4-12(7-11)17(19)13-5-6-16(15(18)8-13)21-10-14-9-20-14/h2-8,14H,9-10H2,1H3. The van der Waals surface area contributed by atoms with Gasteiger partial charge in [-0.1, -0.05) is 23.8 Å². The third-order valence-electron chi connectivity index (χ3n) is 3.30. The molecule has 3 nitrogen and oxygen atoms in total. The van der Waals surface area contributed by atoms with Crippen molar-refractivity contribution in [3.63, 3.8) is 0 Å². The van der Waals surface area contributed by atoms with E-state index in [1.165, 1.54) is 0 Å². The molecule has 21 heavy (non-hydrogen) atoms. The molecule has 1 unspecified atom stereocenters. The Morgan fingerprint density at radius 3 is 2.71 bits per heavy atom. The molecule has 0 N–H and O–H groups in total. The first-order valence-corrected chi connectivity index (χ1v) is 7.58. The van der Waals surface area contributed by atoms with Crippen LogP contribution in [0.25, 0.3) is 0 Å². The van der Waals surface area contributed by atoms with E-state index in [0.717, 1.165) is 22.4 Å². The molecule has 1 fully saturated rings. The van der Waals surface area contributed by atoms with Gasteiger partial charge in [0.05, 0.1) is 11.1 Å². The number of aryl methyl sites for hydroxylation is 1. The molecule has 2 aromatic carbocycles. The molecule has 1 saturated heterocycles. The van der Waals surface area contributed by atoms with E-state index in [4.69, 9.17) is 9.47 Å². The lowest BCUT2D eigenvalue weighted by atomic mass is 10.0. The summed E-state index contributed by atoms with van der Waals surface area (Å²) in [6.07, 6.45) is 0.213. The van der Waals surface area contributed by atoms with Gasteiger partial charge in [-0.3, -0.25) is 4.79 Å². The smallest absolute Gasteiger partial charge is 0.193 e. The molecule has 0 spiro atoms. The van der Waals surface area contributed by atoms with Gasteiger partial charge < -0.3 is 9.47 Å². The summed E-state index contributed by atoms with van der Waals surface area (Å²) in [5, 5.41) is 0. The molecule has 0 aromatic heterocycles. The van der Waals surface area contributed by atoms with Crippen LogP contribution in [0.5, 0.6) is 5.75 Å². The largest absolute Gasteiger partial charge is 0.490 e. The highest BCUT2D eigenvalue weighted by atomic mass is 79.9. The molecule has 2 aromatic rings. The minimum absolute atomic E-state index is 0.0106. The zero-order chi connectivity index (χ0) is 14.8. The van der Waals surface area contributed by atoms with E-state index in [0.29, 0.717) is 17.7 Å². The fourth-order valence-electron chi connectivity index (χ4n) is 2.06. The first-order valence-electron chi connectivity index (χ1n) is 6.79. The zero-order valence-corrected chi connectivity index (χ0v) is 13.2. The summed E-state index contributed by atoms with van der Waals surface area (Å²) >= 11 is 3.45. The van der Waals surface area contributed by atoms with Gasteiger partial charge in [-0.15, -0.1) is 0 Å². The summed E-state index contributed by atoms with van der Waals surface area (Å²) in [6.45, 7) is 3.29. The van der Waals surface area contributed by atoms with Gasteiger partial charge in [-0.25, -0.2) is 0 Å². The summed E-state index contributed by atoms with van der Waals surface area (Å²) in [7, 11) is 0. The van der Waals surface area contributed by atoms with Crippen LogP contribution in [0.15, 0.2) is 46.9 Å². The molecule has 0 bridgehead atoms.